The minimum absolute atomic E-state index is 0.572. The Morgan fingerprint density at radius 3 is 1.70 bits per heavy atom. The Morgan fingerprint density at radius 1 is 0.370 bits per heavy atom. The van der Waals surface area contributed by atoms with Gasteiger partial charge in [0.05, 0.1) is 5.41 Å². The summed E-state index contributed by atoms with van der Waals surface area (Å²) in [6.45, 7) is 0. The molecule has 8 aromatic carbocycles. The minimum atomic E-state index is -0.572. The van der Waals surface area contributed by atoms with Crippen LogP contribution in [0, 0.1) is 0 Å². The van der Waals surface area contributed by atoms with Gasteiger partial charge in [-0.3, -0.25) is 0 Å². The van der Waals surface area contributed by atoms with E-state index in [1.807, 2.05) is 36.4 Å². The predicted octanol–water partition coefficient (Wildman–Crippen LogP) is 12.3. The third kappa shape index (κ3) is 4.47. The lowest BCUT2D eigenvalue weighted by atomic mass is 9.67. The number of furan rings is 1. The lowest BCUT2D eigenvalue weighted by Crippen LogP contribution is -2.28. The van der Waals surface area contributed by atoms with E-state index in [1.165, 1.54) is 27.8 Å². The van der Waals surface area contributed by atoms with Crippen LogP contribution in [0.2, 0.25) is 0 Å². The van der Waals surface area contributed by atoms with Crippen molar-refractivity contribution >= 4 is 32.7 Å². The van der Waals surface area contributed by atoms with Crippen LogP contribution < -0.4 is 0 Å². The standard InChI is InChI=1S/C50H31N3O/c1-4-16-32(17-5-1)47-51-48(34-28-29-39-38-24-13-15-27-43(38)54-44(39)31-34)53-49(52-47)46-37-23-11-10-18-33(37)30-42-45(46)40-25-12-14-26-41(40)50(42,35-19-6-2-7-20-35)36-21-8-3-9-22-36/h1-31H. The average molecular weight is 690 g/mol. The second-order valence-corrected chi connectivity index (χ2v) is 13.9. The third-order valence-corrected chi connectivity index (χ3v) is 11.0. The van der Waals surface area contributed by atoms with Crippen molar-refractivity contribution in [1.82, 2.24) is 15.0 Å². The van der Waals surface area contributed by atoms with E-state index in [-0.39, 0.29) is 0 Å². The lowest BCUT2D eigenvalue weighted by Gasteiger charge is -2.34. The van der Waals surface area contributed by atoms with E-state index >= 15 is 0 Å². The fraction of sp³-hybridized carbons (Fsp3) is 0.0200. The quantitative estimate of drug-likeness (QED) is 0.180. The van der Waals surface area contributed by atoms with Crippen molar-refractivity contribution in [3.05, 3.63) is 210 Å². The molecule has 11 rings (SSSR count). The summed E-state index contributed by atoms with van der Waals surface area (Å²) in [6, 6.07) is 66.3. The third-order valence-electron chi connectivity index (χ3n) is 11.0. The second-order valence-electron chi connectivity index (χ2n) is 13.9. The number of benzene rings is 8. The first kappa shape index (κ1) is 30.5. The Balaban J connectivity index is 1.25. The molecular weight excluding hydrogens is 659 g/mol. The molecule has 0 saturated carbocycles. The molecule has 54 heavy (non-hydrogen) atoms. The highest BCUT2D eigenvalue weighted by Crippen LogP contribution is 2.59. The molecule has 0 amide bonds. The van der Waals surface area contributed by atoms with Crippen LogP contribution in [-0.2, 0) is 5.41 Å². The predicted molar refractivity (Wildman–Crippen MR) is 218 cm³/mol. The topological polar surface area (TPSA) is 51.8 Å². The molecular formula is C50H31N3O. The van der Waals surface area contributed by atoms with Gasteiger partial charge in [0.2, 0.25) is 0 Å². The molecule has 0 saturated heterocycles. The first-order valence-electron chi connectivity index (χ1n) is 18.3. The van der Waals surface area contributed by atoms with E-state index < -0.39 is 5.41 Å². The van der Waals surface area contributed by atoms with Crippen LogP contribution in [0.1, 0.15) is 22.3 Å². The van der Waals surface area contributed by atoms with Gasteiger partial charge in [0.15, 0.2) is 17.5 Å². The first-order valence-corrected chi connectivity index (χ1v) is 18.3. The van der Waals surface area contributed by atoms with Gasteiger partial charge in [-0.25, -0.2) is 15.0 Å². The Morgan fingerprint density at radius 2 is 0.944 bits per heavy atom. The summed E-state index contributed by atoms with van der Waals surface area (Å²) in [4.78, 5) is 15.9. The van der Waals surface area contributed by atoms with Crippen molar-refractivity contribution in [2.24, 2.45) is 0 Å². The number of aromatic nitrogens is 3. The first-order chi connectivity index (χ1) is 26.8. The van der Waals surface area contributed by atoms with E-state index in [0.717, 1.165) is 55.0 Å². The number of rotatable bonds is 5. The summed E-state index contributed by atoms with van der Waals surface area (Å²) < 4.78 is 6.34. The van der Waals surface area contributed by atoms with E-state index in [9.17, 15) is 0 Å². The summed E-state index contributed by atoms with van der Waals surface area (Å²) in [5, 5.41) is 4.37. The number of para-hydroxylation sites is 1. The molecule has 0 unspecified atom stereocenters. The molecule has 0 aliphatic heterocycles. The van der Waals surface area contributed by atoms with Crippen LogP contribution in [-0.4, -0.2) is 15.0 Å². The van der Waals surface area contributed by atoms with Crippen molar-refractivity contribution in [3.8, 4) is 45.3 Å². The van der Waals surface area contributed by atoms with Crippen LogP contribution in [0.4, 0.5) is 0 Å². The van der Waals surface area contributed by atoms with Gasteiger partial charge in [-0.2, -0.15) is 0 Å². The Labute approximate surface area is 312 Å². The number of nitrogens with zero attached hydrogens (tertiary/aromatic N) is 3. The molecule has 0 bridgehead atoms. The Hall–Kier alpha value is -7.17. The van der Waals surface area contributed by atoms with Crippen molar-refractivity contribution in [1.29, 1.82) is 0 Å². The summed E-state index contributed by atoms with van der Waals surface area (Å²) >= 11 is 0. The number of hydrogen-bond donors (Lipinski definition) is 0. The van der Waals surface area contributed by atoms with Crippen LogP contribution in [0.15, 0.2) is 192 Å². The molecule has 0 radical (unpaired) electrons. The molecule has 1 aliphatic rings. The zero-order valence-electron chi connectivity index (χ0n) is 29.1. The summed E-state index contributed by atoms with van der Waals surface area (Å²) in [5.74, 6) is 1.83. The molecule has 4 heteroatoms. The zero-order valence-corrected chi connectivity index (χ0v) is 29.1. The van der Waals surface area contributed by atoms with Crippen LogP contribution in [0.25, 0.3) is 78.0 Å². The highest BCUT2D eigenvalue weighted by molar-refractivity contribution is 6.09. The monoisotopic (exact) mass is 689 g/mol. The molecule has 252 valence electrons. The van der Waals surface area contributed by atoms with Crippen molar-refractivity contribution < 1.29 is 4.42 Å². The van der Waals surface area contributed by atoms with Gasteiger partial charge in [0.25, 0.3) is 0 Å². The molecule has 0 atom stereocenters. The number of fused-ring (bicyclic) bond motifs is 7. The molecule has 4 nitrogen and oxygen atoms in total. The maximum Gasteiger partial charge on any atom is 0.165 e. The van der Waals surface area contributed by atoms with E-state index in [0.29, 0.717) is 17.5 Å². The lowest BCUT2D eigenvalue weighted by molar-refractivity contribution is 0.669. The molecule has 0 fully saturated rings. The van der Waals surface area contributed by atoms with Crippen molar-refractivity contribution in [2.45, 2.75) is 5.41 Å². The molecule has 1 aliphatic carbocycles. The smallest absolute Gasteiger partial charge is 0.165 e. The average Bonchev–Trinajstić information content (AvgIpc) is 3.77. The fourth-order valence-corrected chi connectivity index (χ4v) is 8.69. The van der Waals surface area contributed by atoms with Crippen LogP contribution >= 0.6 is 0 Å². The van der Waals surface area contributed by atoms with Gasteiger partial charge >= 0.3 is 0 Å². The highest BCUT2D eigenvalue weighted by Gasteiger charge is 2.47. The van der Waals surface area contributed by atoms with Crippen LogP contribution in [0.5, 0.6) is 0 Å². The summed E-state index contributed by atoms with van der Waals surface area (Å²) in [5.41, 5.74) is 11.1. The SMILES string of the molecule is c1ccc(-c2nc(-c3ccc4c(c3)oc3ccccc34)nc(-c3c4c(cc5ccccc35)C(c3ccccc3)(c3ccccc3)c3ccccc3-4)n2)cc1. The van der Waals surface area contributed by atoms with Gasteiger partial charge in [0.1, 0.15) is 11.2 Å². The zero-order chi connectivity index (χ0) is 35.6. The molecule has 2 heterocycles. The van der Waals surface area contributed by atoms with Gasteiger partial charge in [-0.05, 0) is 68.4 Å². The van der Waals surface area contributed by atoms with Gasteiger partial charge in [-0.15, -0.1) is 0 Å². The van der Waals surface area contributed by atoms with Crippen molar-refractivity contribution in [2.75, 3.05) is 0 Å². The molecule has 2 aromatic heterocycles. The van der Waals surface area contributed by atoms with Gasteiger partial charge < -0.3 is 4.42 Å². The minimum Gasteiger partial charge on any atom is -0.456 e. The highest BCUT2D eigenvalue weighted by atomic mass is 16.3. The summed E-state index contributed by atoms with van der Waals surface area (Å²) in [7, 11) is 0. The van der Waals surface area contributed by atoms with Gasteiger partial charge in [0, 0.05) is 27.5 Å². The normalized spacial score (nSPS) is 13.0. The van der Waals surface area contributed by atoms with E-state index in [2.05, 4.69) is 152 Å². The van der Waals surface area contributed by atoms with Gasteiger partial charge in [-0.1, -0.05) is 164 Å². The second kappa shape index (κ2) is 11.9. The summed E-state index contributed by atoms with van der Waals surface area (Å²) in [6.07, 6.45) is 0. The largest absolute Gasteiger partial charge is 0.456 e. The van der Waals surface area contributed by atoms with E-state index in [4.69, 9.17) is 19.4 Å². The van der Waals surface area contributed by atoms with Crippen molar-refractivity contribution in [3.63, 3.8) is 0 Å². The fourth-order valence-electron chi connectivity index (χ4n) is 8.69. The maximum atomic E-state index is 6.34. The Kier molecular flexibility index (Phi) is 6.73. The maximum absolute atomic E-state index is 6.34. The molecule has 10 aromatic rings. The van der Waals surface area contributed by atoms with E-state index in [1.54, 1.807) is 0 Å². The Bertz CT molecular complexity index is 3000. The number of hydrogen-bond acceptors (Lipinski definition) is 4. The molecule has 0 N–H and O–H groups in total. The van der Waals surface area contributed by atoms with Crippen LogP contribution in [0.3, 0.4) is 0 Å². The molecule has 0 spiro atoms.